The summed E-state index contributed by atoms with van der Waals surface area (Å²) in [5.41, 5.74) is 1.88. The molecule has 1 fully saturated rings. The van der Waals surface area contributed by atoms with Gasteiger partial charge in [0.1, 0.15) is 4.21 Å². The first-order chi connectivity index (χ1) is 9.96. The maximum Gasteiger partial charge on any atom is 0.306 e. The van der Waals surface area contributed by atoms with Crippen molar-refractivity contribution in [3.8, 4) is 0 Å². The number of nitrogens with two attached hydrogens (primary N) is 1. The van der Waals surface area contributed by atoms with E-state index >= 15 is 0 Å². The lowest BCUT2D eigenvalue weighted by atomic mass is 10.1. The van der Waals surface area contributed by atoms with Crippen LogP contribution in [0.5, 0.6) is 0 Å². The van der Waals surface area contributed by atoms with E-state index < -0.39 is 14.9 Å². The fraction of sp³-hybridized carbons (Fsp3) is 0.636. The third kappa shape index (κ3) is 3.51. The largest absolute Gasteiger partial charge is 0.310 e. The van der Waals surface area contributed by atoms with Crippen LogP contribution in [0.4, 0.5) is 10.7 Å². The summed E-state index contributed by atoms with van der Waals surface area (Å²) in [7, 11) is -3.70. The number of sulfonamides is 1. The number of nitrogens with zero attached hydrogens (tertiary/aromatic N) is 2. The number of anilines is 1. The molecule has 0 spiro atoms. The van der Waals surface area contributed by atoms with Gasteiger partial charge in [-0.1, -0.05) is 30.6 Å². The number of hydrogen-bond donors (Lipinski definition) is 2. The number of hydrazine groups is 1. The van der Waals surface area contributed by atoms with E-state index in [1.807, 2.05) is 0 Å². The molecule has 0 aliphatic carbocycles. The van der Waals surface area contributed by atoms with Gasteiger partial charge in [-0.2, -0.15) is 4.31 Å². The van der Waals surface area contributed by atoms with Crippen molar-refractivity contribution in [2.24, 2.45) is 5.84 Å². The number of thiophene rings is 1. The minimum Gasteiger partial charge on any atom is -0.310 e. The summed E-state index contributed by atoms with van der Waals surface area (Å²) in [6.07, 6.45) is 4.77. The fourth-order valence-corrected chi connectivity index (χ4v) is 5.22. The first kappa shape index (κ1) is 16.1. The maximum atomic E-state index is 12.6. The maximum absolute atomic E-state index is 12.6. The van der Waals surface area contributed by atoms with E-state index in [1.54, 1.807) is 0 Å². The van der Waals surface area contributed by atoms with Gasteiger partial charge in [0.15, 0.2) is 5.00 Å². The fourth-order valence-electron chi connectivity index (χ4n) is 2.31. The summed E-state index contributed by atoms with van der Waals surface area (Å²) in [4.78, 5) is 10.3. The van der Waals surface area contributed by atoms with Crippen molar-refractivity contribution < 1.29 is 13.3 Å². The highest BCUT2D eigenvalue weighted by molar-refractivity contribution is 7.91. The molecule has 0 aromatic carbocycles. The molecule has 1 aromatic rings. The van der Waals surface area contributed by atoms with Crippen LogP contribution in [0.25, 0.3) is 0 Å². The number of rotatable bonds is 4. The summed E-state index contributed by atoms with van der Waals surface area (Å²) in [5.74, 6) is 5.22. The lowest BCUT2D eigenvalue weighted by Crippen LogP contribution is -2.33. The molecule has 8 nitrogen and oxygen atoms in total. The van der Waals surface area contributed by atoms with Crippen molar-refractivity contribution in [2.75, 3.05) is 18.5 Å². The number of nitrogen functional groups attached to an aromatic ring is 1. The first-order valence-electron chi connectivity index (χ1n) is 6.72. The van der Waals surface area contributed by atoms with Gasteiger partial charge in [-0.25, -0.2) is 14.3 Å². The van der Waals surface area contributed by atoms with Gasteiger partial charge in [0, 0.05) is 19.2 Å². The second kappa shape index (κ2) is 6.69. The minimum atomic E-state index is -3.70. The Kier molecular flexibility index (Phi) is 5.14. The SMILES string of the molecule is NNc1sc(S(=O)(=O)N2CCCCCCC2)cc1[N+](=O)[O-]. The van der Waals surface area contributed by atoms with Crippen molar-refractivity contribution in [3.05, 3.63) is 16.2 Å². The molecular formula is C11H18N4O4S2. The van der Waals surface area contributed by atoms with Crippen molar-refractivity contribution >= 4 is 32.0 Å². The van der Waals surface area contributed by atoms with Gasteiger partial charge in [0.25, 0.3) is 10.0 Å². The molecule has 0 bridgehead atoms. The molecule has 2 heterocycles. The number of nitrogens with one attached hydrogen (secondary N) is 1. The summed E-state index contributed by atoms with van der Waals surface area (Å²) in [6, 6.07) is 1.08. The topological polar surface area (TPSA) is 119 Å². The third-order valence-electron chi connectivity index (χ3n) is 3.43. The molecule has 3 N–H and O–H groups in total. The molecule has 118 valence electrons. The average Bonchev–Trinajstić information content (AvgIpc) is 2.82. The zero-order valence-electron chi connectivity index (χ0n) is 11.4. The van der Waals surface area contributed by atoms with Crippen molar-refractivity contribution in [2.45, 2.75) is 36.3 Å². The van der Waals surface area contributed by atoms with Crippen LogP contribution in [-0.4, -0.2) is 30.7 Å². The van der Waals surface area contributed by atoms with Gasteiger partial charge in [-0.15, -0.1) is 0 Å². The molecule has 0 saturated carbocycles. The second-order valence-corrected chi connectivity index (χ2v) is 8.07. The minimum absolute atomic E-state index is 0.0391. The molecule has 0 radical (unpaired) electrons. The standard InChI is InChI=1S/C11H18N4O4S2/c12-13-11-9(15(16)17)8-10(20-11)21(18,19)14-6-4-2-1-3-5-7-14/h8,13H,1-7,12H2. The predicted octanol–water partition coefficient (Wildman–Crippen LogP) is 1.90. The van der Waals surface area contributed by atoms with E-state index in [1.165, 1.54) is 4.31 Å². The van der Waals surface area contributed by atoms with Crippen LogP contribution in [0, 0.1) is 10.1 Å². The van der Waals surface area contributed by atoms with E-state index in [-0.39, 0.29) is 14.9 Å². The second-order valence-electron chi connectivity index (χ2n) is 4.85. The Morgan fingerprint density at radius 2 is 1.81 bits per heavy atom. The van der Waals surface area contributed by atoms with Crippen LogP contribution < -0.4 is 11.3 Å². The third-order valence-corrected chi connectivity index (χ3v) is 6.83. The zero-order valence-corrected chi connectivity index (χ0v) is 13.1. The monoisotopic (exact) mass is 334 g/mol. The zero-order chi connectivity index (χ0) is 15.5. The van der Waals surface area contributed by atoms with Gasteiger partial charge in [-0.05, 0) is 12.8 Å². The highest BCUT2D eigenvalue weighted by Crippen LogP contribution is 2.37. The van der Waals surface area contributed by atoms with Crippen LogP contribution in [-0.2, 0) is 10.0 Å². The molecule has 0 unspecified atom stereocenters. The van der Waals surface area contributed by atoms with E-state index in [4.69, 9.17) is 5.84 Å². The van der Waals surface area contributed by atoms with E-state index in [2.05, 4.69) is 5.43 Å². The summed E-state index contributed by atoms with van der Waals surface area (Å²) >= 11 is 0.793. The van der Waals surface area contributed by atoms with Crippen molar-refractivity contribution in [1.82, 2.24) is 4.31 Å². The molecule has 0 atom stereocenters. The lowest BCUT2D eigenvalue weighted by Gasteiger charge is -2.23. The highest BCUT2D eigenvalue weighted by Gasteiger charge is 2.30. The Morgan fingerprint density at radius 1 is 1.24 bits per heavy atom. The average molecular weight is 334 g/mol. The normalized spacial score (nSPS) is 18.0. The van der Waals surface area contributed by atoms with Gasteiger partial charge in [-0.3, -0.25) is 10.1 Å². The molecule has 1 aliphatic rings. The van der Waals surface area contributed by atoms with Gasteiger partial charge in [0.2, 0.25) is 0 Å². The summed E-state index contributed by atoms with van der Waals surface area (Å²) in [6.45, 7) is 0.916. The van der Waals surface area contributed by atoms with Gasteiger partial charge >= 0.3 is 5.69 Å². The van der Waals surface area contributed by atoms with Gasteiger partial charge < -0.3 is 5.43 Å². The smallest absolute Gasteiger partial charge is 0.306 e. The summed E-state index contributed by atoms with van der Waals surface area (Å²) in [5, 5.41) is 11.0. The molecule has 0 amide bonds. The Morgan fingerprint density at radius 3 is 2.29 bits per heavy atom. The van der Waals surface area contributed by atoms with Crippen LogP contribution in [0.1, 0.15) is 32.1 Å². The molecule has 1 aromatic heterocycles. The van der Waals surface area contributed by atoms with E-state index in [0.29, 0.717) is 13.1 Å². The number of nitro groups is 1. The van der Waals surface area contributed by atoms with Crippen molar-refractivity contribution in [3.63, 3.8) is 0 Å². The van der Waals surface area contributed by atoms with Crippen LogP contribution in [0.15, 0.2) is 10.3 Å². The lowest BCUT2D eigenvalue weighted by molar-refractivity contribution is -0.383. The molecule has 2 rings (SSSR count). The van der Waals surface area contributed by atoms with Gasteiger partial charge in [0.05, 0.1) is 4.92 Å². The van der Waals surface area contributed by atoms with Crippen LogP contribution in [0.2, 0.25) is 0 Å². The highest BCUT2D eigenvalue weighted by atomic mass is 32.2. The Bertz CT molecular complexity index is 606. The first-order valence-corrected chi connectivity index (χ1v) is 8.97. The number of hydrogen-bond acceptors (Lipinski definition) is 7. The van der Waals surface area contributed by atoms with Crippen LogP contribution in [0.3, 0.4) is 0 Å². The molecule has 10 heteroatoms. The Balaban J connectivity index is 2.31. The Labute approximate surface area is 127 Å². The predicted molar refractivity (Wildman–Crippen MR) is 80.6 cm³/mol. The molecule has 1 saturated heterocycles. The van der Waals surface area contributed by atoms with Crippen LogP contribution >= 0.6 is 11.3 Å². The van der Waals surface area contributed by atoms with E-state index in [9.17, 15) is 18.5 Å². The molecule has 1 aliphatic heterocycles. The van der Waals surface area contributed by atoms with E-state index in [0.717, 1.165) is 49.5 Å². The molecular weight excluding hydrogens is 316 g/mol. The van der Waals surface area contributed by atoms with Crippen molar-refractivity contribution in [1.29, 1.82) is 0 Å². The quantitative estimate of drug-likeness (QED) is 0.493. The summed E-state index contributed by atoms with van der Waals surface area (Å²) < 4.78 is 26.6. The Hall–Kier alpha value is -1.23. The molecule has 21 heavy (non-hydrogen) atoms.